The van der Waals surface area contributed by atoms with Crippen molar-refractivity contribution in [2.24, 2.45) is 0 Å². The summed E-state index contributed by atoms with van der Waals surface area (Å²) < 4.78 is 45.9. The lowest BCUT2D eigenvalue weighted by Gasteiger charge is -2.14. The van der Waals surface area contributed by atoms with Gasteiger partial charge in [-0.1, -0.05) is 13.3 Å². The Kier molecular flexibility index (Phi) is 7.31. The van der Waals surface area contributed by atoms with Crippen molar-refractivity contribution in [3.63, 3.8) is 0 Å². The van der Waals surface area contributed by atoms with Gasteiger partial charge in [0.15, 0.2) is 0 Å². The molecule has 1 aromatic carbocycles. The fraction of sp³-hybridized carbons (Fsp3) is 0.571. The lowest BCUT2D eigenvalue weighted by Crippen LogP contribution is -2.29. The third kappa shape index (κ3) is 7.57. The van der Waals surface area contributed by atoms with Crippen LogP contribution in [-0.2, 0) is 0 Å². The van der Waals surface area contributed by atoms with Gasteiger partial charge in [-0.3, -0.25) is 0 Å². The Morgan fingerprint density at radius 1 is 1.33 bits per heavy atom. The summed E-state index contributed by atoms with van der Waals surface area (Å²) in [7, 11) is 0. The van der Waals surface area contributed by atoms with Gasteiger partial charge >= 0.3 is 6.36 Å². The summed E-state index contributed by atoms with van der Waals surface area (Å²) in [5.41, 5.74) is 0. The van der Waals surface area contributed by atoms with Crippen molar-refractivity contribution in [1.82, 2.24) is 5.32 Å². The van der Waals surface area contributed by atoms with Crippen LogP contribution < -0.4 is 14.8 Å². The van der Waals surface area contributed by atoms with Crippen LogP contribution in [-0.4, -0.2) is 25.6 Å². The standard InChI is InChI=1S/C14H19BrF3NO2/c1-3-4-10(2)19-7-8-20-11-5-6-13(12(15)9-11)21-14(16,17)18/h5-6,9-10,19H,3-4,7-8H2,1-2H3. The van der Waals surface area contributed by atoms with E-state index in [1.165, 1.54) is 18.2 Å². The second kappa shape index (κ2) is 8.48. The number of nitrogens with one attached hydrogen (secondary N) is 1. The molecular formula is C14H19BrF3NO2. The van der Waals surface area contributed by atoms with Crippen molar-refractivity contribution >= 4 is 15.9 Å². The molecule has 0 saturated heterocycles. The molecule has 0 radical (unpaired) electrons. The summed E-state index contributed by atoms with van der Waals surface area (Å²) in [6, 6.07) is 4.55. The fourth-order valence-electron chi connectivity index (χ4n) is 1.79. The number of ether oxygens (including phenoxy) is 2. The van der Waals surface area contributed by atoms with Gasteiger partial charge in [0.25, 0.3) is 0 Å². The summed E-state index contributed by atoms with van der Waals surface area (Å²) in [5.74, 6) is 0.200. The minimum absolute atomic E-state index is 0.199. The van der Waals surface area contributed by atoms with E-state index >= 15 is 0 Å². The summed E-state index contributed by atoms with van der Waals surface area (Å²) in [6.07, 6.45) is -2.50. The molecule has 21 heavy (non-hydrogen) atoms. The van der Waals surface area contributed by atoms with Crippen molar-refractivity contribution in [3.8, 4) is 11.5 Å². The molecule has 1 aromatic rings. The van der Waals surface area contributed by atoms with Crippen LogP contribution in [0.4, 0.5) is 13.2 Å². The second-order valence-corrected chi connectivity index (χ2v) is 5.49. The molecule has 0 bridgehead atoms. The van der Waals surface area contributed by atoms with Gasteiger partial charge < -0.3 is 14.8 Å². The van der Waals surface area contributed by atoms with Gasteiger partial charge in [-0.05, 0) is 47.5 Å². The van der Waals surface area contributed by atoms with Gasteiger partial charge in [0.1, 0.15) is 18.1 Å². The third-order valence-corrected chi connectivity index (χ3v) is 3.33. The molecule has 3 nitrogen and oxygen atoms in total. The number of hydrogen-bond donors (Lipinski definition) is 1. The number of hydrogen-bond acceptors (Lipinski definition) is 3. The summed E-state index contributed by atoms with van der Waals surface area (Å²) in [5, 5.41) is 3.30. The molecule has 1 N–H and O–H groups in total. The van der Waals surface area contributed by atoms with E-state index in [0.717, 1.165) is 12.8 Å². The maximum Gasteiger partial charge on any atom is 0.573 e. The van der Waals surface area contributed by atoms with E-state index < -0.39 is 6.36 Å². The molecule has 0 aliphatic rings. The van der Waals surface area contributed by atoms with Crippen LogP contribution in [0, 0.1) is 0 Å². The average molecular weight is 370 g/mol. The monoisotopic (exact) mass is 369 g/mol. The van der Waals surface area contributed by atoms with Crippen LogP contribution in [0.15, 0.2) is 22.7 Å². The Labute approximate surface area is 130 Å². The molecule has 0 aromatic heterocycles. The lowest BCUT2D eigenvalue weighted by atomic mass is 10.2. The smallest absolute Gasteiger partial charge is 0.492 e. The van der Waals surface area contributed by atoms with Crippen molar-refractivity contribution in [1.29, 1.82) is 0 Å². The Balaban J connectivity index is 2.42. The fourth-order valence-corrected chi connectivity index (χ4v) is 2.23. The predicted molar refractivity (Wildman–Crippen MR) is 78.7 cm³/mol. The highest BCUT2D eigenvalue weighted by Crippen LogP contribution is 2.33. The molecule has 1 atom stereocenters. The number of benzene rings is 1. The van der Waals surface area contributed by atoms with Gasteiger partial charge in [-0.25, -0.2) is 0 Å². The van der Waals surface area contributed by atoms with Crippen molar-refractivity contribution in [3.05, 3.63) is 22.7 Å². The Morgan fingerprint density at radius 3 is 2.62 bits per heavy atom. The maximum atomic E-state index is 12.1. The van der Waals surface area contributed by atoms with Crippen LogP contribution in [0.1, 0.15) is 26.7 Å². The normalized spacial score (nSPS) is 13.0. The molecule has 7 heteroatoms. The van der Waals surface area contributed by atoms with E-state index in [4.69, 9.17) is 4.74 Å². The molecule has 0 amide bonds. The molecule has 0 aliphatic carbocycles. The third-order valence-electron chi connectivity index (χ3n) is 2.71. The van der Waals surface area contributed by atoms with E-state index in [2.05, 4.69) is 39.8 Å². The molecular weight excluding hydrogens is 351 g/mol. The predicted octanol–water partition coefficient (Wildman–Crippen LogP) is 4.50. The minimum Gasteiger partial charge on any atom is -0.492 e. The van der Waals surface area contributed by atoms with Crippen molar-refractivity contribution < 1.29 is 22.6 Å². The molecule has 1 unspecified atom stereocenters. The molecule has 120 valence electrons. The highest BCUT2D eigenvalue weighted by molar-refractivity contribution is 9.10. The highest BCUT2D eigenvalue weighted by Gasteiger charge is 2.31. The quantitative estimate of drug-likeness (QED) is 0.684. The minimum atomic E-state index is -4.70. The Bertz CT molecular complexity index is 441. The van der Waals surface area contributed by atoms with Crippen molar-refractivity contribution in [2.75, 3.05) is 13.2 Å². The highest BCUT2D eigenvalue weighted by atomic mass is 79.9. The van der Waals surface area contributed by atoms with Crippen LogP contribution in [0.5, 0.6) is 11.5 Å². The first kappa shape index (κ1) is 18.1. The molecule has 0 spiro atoms. The number of rotatable bonds is 8. The first-order valence-electron chi connectivity index (χ1n) is 6.73. The Morgan fingerprint density at radius 2 is 2.05 bits per heavy atom. The SMILES string of the molecule is CCCC(C)NCCOc1ccc(OC(F)(F)F)c(Br)c1. The Hall–Kier alpha value is -0.950. The molecule has 0 heterocycles. The van der Waals surface area contributed by atoms with Gasteiger partial charge in [0.05, 0.1) is 4.47 Å². The zero-order valence-corrected chi connectivity index (χ0v) is 13.6. The molecule has 0 saturated carbocycles. The van der Waals surface area contributed by atoms with Crippen LogP contribution in [0.2, 0.25) is 0 Å². The second-order valence-electron chi connectivity index (χ2n) is 4.63. The first-order chi connectivity index (χ1) is 9.81. The van der Waals surface area contributed by atoms with Gasteiger partial charge in [0, 0.05) is 12.6 Å². The summed E-state index contributed by atoms with van der Waals surface area (Å²) >= 11 is 3.03. The lowest BCUT2D eigenvalue weighted by molar-refractivity contribution is -0.274. The van der Waals surface area contributed by atoms with E-state index in [1.54, 1.807) is 0 Å². The summed E-state index contributed by atoms with van der Waals surface area (Å²) in [4.78, 5) is 0. The molecule has 1 rings (SSSR count). The van der Waals surface area contributed by atoms with E-state index in [9.17, 15) is 13.2 Å². The molecule has 0 fully saturated rings. The van der Waals surface area contributed by atoms with E-state index in [-0.39, 0.29) is 10.2 Å². The van der Waals surface area contributed by atoms with Gasteiger partial charge in [0.2, 0.25) is 0 Å². The van der Waals surface area contributed by atoms with Crippen molar-refractivity contribution in [2.45, 2.75) is 39.1 Å². The van der Waals surface area contributed by atoms with Gasteiger partial charge in [-0.15, -0.1) is 13.2 Å². The van der Waals surface area contributed by atoms with Crippen LogP contribution in [0.3, 0.4) is 0 Å². The topological polar surface area (TPSA) is 30.5 Å². The van der Waals surface area contributed by atoms with Crippen LogP contribution >= 0.6 is 15.9 Å². The average Bonchev–Trinajstić information content (AvgIpc) is 2.37. The number of alkyl halides is 3. The first-order valence-corrected chi connectivity index (χ1v) is 7.52. The number of halogens is 4. The zero-order valence-electron chi connectivity index (χ0n) is 12.0. The van der Waals surface area contributed by atoms with E-state index in [0.29, 0.717) is 24.9 Å². The van der Waals surface area contributed by atoms with E-state index in [1.807, 2.05) is 0 Å². The van der Waals surface area contributed by atoms with Crippen LogP contribution in [0.25, 0.3) is 0 Å². The zero-order chi connectivity index (χ0) is 15.9. The van der Waals surface area contributed by atoms with Gasteiger partial charge in [-0.2, -0.15) is 0 Å². The largest absolute Gasteiger partial charge is 0.573 e. The maximum absolute atomic E-state index is 12.1. The summed E-state index contributed by atoms with van der Waals surface area (Å²) in [6.45, 7) is 5.35. The molecule has 0 aliphatic heterocycles.